The molecule has 0 bridgehead atoms. The van der Waals surface area contributed by atoms with Gasteiger partial charge in [-0.05, 0) is 70.0 Å². The Morgan fingerprint density at radius 2 is 1.90 bits per heavy atom. The summed E-state index contributed by atoms with van der Waals surface area (Å²) in [6, 6.07) is 17.0. The topological polar surface area (TPSA) is 90.7 Å². The number of aromatic nitrogens is 3. The molecule has 1 aliphatic heterocycles. The van der Waals surface area contributed by atoms with Crippen molar-refractivity contribution < 1.29 is 19.0 Å². The molecule has 9 heteroatoms. The number of esters is 1. The minimum absolute atomic E-state index is 0.103. The molecule has 4 aromatic rings. The molecule has 0 spiro atoms. The molecule has 1 aliphatic rings. The fourth-order valence-corrected chi connectivity index (χ4v) is 4.98. The highest BCUT2D eigenvalue weighted by Gasteiger charge is 2.31. The Hall–Kier alpha value is -4.11. The summed E-state index contributed by atoms with van der Waals surface area (Å²) < 4.78 is 18.7. The van der Waals surface area contributed by atoms with Crippen LogP contribution in [0.15, 0.2) is 60.8 Å². The Bertz CT molecular complexity index is 1480. The van der Waals surface area contributed by atoms with Gasteiger partial charge in [0.1, 0.15) is 22.6 Å². The van der Waals surface area contributed by atoms with Crippen molar-refractivity contribution in [3.8, 4) is 17.2 Å². The minimum Gasteiger partial charge on any atom is -0.497 e. The first-order valence-electron chi connectivity index (χ1n) is 13.7. The Morgan fingerprint density at radius 1 is 1.10 bits per heavy atom. The zero-order valence-corrected chi connectivity index (χ0v) is 23.8. The van der Waals surface area contributed by atoms with Gasteiger partial charge in [0.15, 0.2) is 11.5 Å². The van der Waals surface area contributed by atoms with Crippen molar-refractivity contribution in [1.82, 2.24) is 19.7 Å². The second-order valence-electron chi connectivity index (χ2n) is 11.0. The van der Waals surface area contributed by atoms with E-state index in [1.54, 1.807) is 38.4 Å². The van der Waals surface area contributed by atoms with Gasteiger partial charge in [-0.25, -0.2) is 14.5 Å². The minimum atomic E-state index is -0.382. The number of likely N-dealkylation sites (tertiary alicyclic amines) is 1. The lowest BCUT2D eigenvalue weighted by Gasteiger charge is -2.31. The molecule has 9 nitrogen and oxygen atoms in total. The Kier molecular flexibility index (Phi) is 7.93. The van der Waals surface area contributed by atoms with Gasteiger partial charge in [-0.3, -0.25) is 4.90 Å². The number of pyridine rings is 1. The molecule has 2 aromatic carbocycles. The van der Waals surface area contributed by atoms with Gasteiger partial charge < -0.3 is 19.5 Å². The summed E-state index contributed by atoms with van der Waals surface area (Å²) in [5.41, 5.74) is 2.33. The van der Waals surface area contributed by atoms with E-state index in [1.807, 2.05) is 41.1 Å². The summed E-state index contributed by atoms with van der Waals surface area (Å²) in [6.45, 7) is 11.3. The maximum absolute atomic E-state index is 12.3. The van der Waals surface area contributed by atoms with Crippen molar-refractivity contribution in [2.24, 2.45) is 0 Å². The van der Waals surface area contributed by atoms with E-state index in [1.165, 1.54) is 0 Å². The van der Waals surface area contributed by atoms with Gasteiger partial charge in [0.25, 0.3) is 0 Å². The van der Waals surface area contributed by atoms with Crippen molar-refractivity contribution >= 4 is 22.8 Å². The second kappa shape index (κ2) is 11.6. The van der Waals surface area contributed by atoms with E-state index in [0.29, 0.717) is 35.9 Å². The zero-order valence-electron chi connectivity index (χ0n) is 23.8. The van der Waals surface area contributed by atoms with Crippen LogP contribution in [0.25, 0.3) is 11.0 Å². The molecule has 0 radical (unpaired) electrons. The van der Waals surface area contributed by atoms with E-state index in [0.717, 1.165) is 42.0 Å². The van der Waals surface area contributed by atoms with E-state index < -0.39 is 0 Å². The lowest BCUT2D eigenvalue weighted by atomic mass is 10.1. The van der Waals surface area contributed by atoms with E-state index >= 15 is 0 Å². The van der Waals surface area contributed by atoms with Crippen LogP contribution in [0.2, 0.25) is 0 Å². The van der Waals surface area contributed by atoms with Crippen molar-refractivity contribution in [3.05, 3.63) is 71.9 Å². The standard InChI is InChI=1S/C31H37N5O4/c1-6-39-30(37)22-8-7-9-25(18-22)40-26-14-16-32-29-27(26)28(33-23-15-17-35(20-23)31(2,3)4)34-36(29)19-21-10-12-24(38-5)13-11-21/h7-14,16,18,23H,6,15,17,19-20H2,1-5H3,(H,33,34)/t23-/m1/s1. The van der Waals surface area contributed by atoms with E-state index in [9.17, 15) is 4.79 Å². The molecule has 1 fully saturated rings. The van der Waals surface area contributed by atoms with Crippen LogP contribution in [0.5, 0.6) is 17.2 Å². The Balaban J connectivity index is 1.50. The van der Waals surface area contributed by atoms with Crippen LogP contribution in [0.3, 0.4) is 0 Å². The van der Waals surface area contributed by atoms with Crippen LogP contribution in [0.4, 0.5) is 5.82 Å². The summed E-state index contributed by atoms with van der Waals surface area (Å²) >= 11 is 0. The molecule has 1 N–H and O–H groups in total. The number of benzene rings is 2. The largest absolute Gasteiger partial charge is 0.497 e. The zero-order chi connectivity index (χ0) is 28.3. The molecule has 40 heavy (non-hydrogen) atoms. The molecule has 0 aliphatic carbocycles. The SMILES string of the molecule is CCOC(=O)c1cccc(Oc2ccnc3c2c(N[C@@H]2CCN(C(C)(C)C)C2)nn3Cc2ccc(OC)cc2)c1. The van der Waals surface area contributed by atoms with Crippen LogP contribution < -0.4 is 14.8 Å². The van der Waals surface area contributed by atoms with Gasteiger partial charge in [0.05, 0.1) is 25.8 Å². The number of hydrogen-bond donors (Lipinski definition) is 1. The lowest BCUT2D eigenvalue weighted by Crippen LogP contribution is -2.40. The highest BCUT2D eigenvalue weighted by Crippen LogP contribution is 2.36. The number of fused-ring (bicyclic) bond motifs is 1. The average molecular weight is 544 g/mol. The van der Waals surface area contributed by atoms with E-state index in [2.05, 4.69) is 31.0 Å². The first kappa shape index (κ1) is 27.5. The lowest BCUT2D eigenvalue weighted by molar-refractivity contribution is 0.0526. The van der Waals surface area contributed by atoms with Crippen molar-refractivity contribution in [2.45, 2.75) is 52.2 Å². The number of carbonyl (C=O) groups is 1. The van der Waals surface area contributed by atoms with Crippen molar-refractivity contribution in [2.75, 3.05) is 32.1 Å². The van der Waals surface area contributed by atoms with Crippen LogP contribution in [-0.4, -0.2) is 64.0 Å². The monoisotopic (exact) mass is 543 g/mol. The van der Waals surface area contributed by atoms with Gasteiger partial charge in [0.2, 0.25) is 0 Å². The van der Waals surface area contributed by atoms with Gasteiger partial charge in [-0.15, -0.1) is 0 Å². The van der Waals surface area contributed by atoms with Crippen LogP contribution in [-0.2, 0) is 11.3 Å². The number of ether oxygens (including phenoxy) is 3. The summed E-state index contributed by atoms with van der Waals surface area (Å²) in [6.07, 6.45) is 2.74. The Morgan fingerprint density at radius 3 is 2.60 bits per heavy atom. The third kappa shape index (κ3) is 6.04. The van der Waals surface area contributed by atoms with E-state index in [-0.39, 0.29) is 17.6 Å². The first-order chi connectivity index (χ1) is 19.2. The molecular formula is C31H37N5O4. The number of carbonyl (C=O) groups excluding carboxylic acids is 1. The average Bonchev–Trinajstić information content (AvgIpc) is 3.55. The Labute approximate surface area is 235 Å². The first-order valence-corrected chi connectivity index (χ1v) is 13.7. The molecule has 0 unspecified atom stereocenters. The third-order valence-electron chi connectivity index (χ3n) is 7.14. The van der Waals surface area contributed by atoms with E-state index in [4.69, 9.17) is 24.3 Å². The highest BCUT2D eigenvalue weighted by atomic mass is 16.5. The summed E-state index contributed by atoms with van der Waals surface area (Å²) in [5.74, 6) is 2.30. The summed E-state index contributed by atoms with van der Waals surface area (Å²) in [7, 11) is 1.66. The smallest absolute Gasteiger partial charge is 0.338 e. The maximum atomic E-state index is 12.3. The van der Waals surface area contributed by atoms with Crippen LogP contribution >= 0.6 is 0 Å². The number of hydrogen-bond acceptors (Lipinski definition) is 8. The number of methoxy groups -OCH3 is 1. The van der Waals surface area contributed by atoms with Gasteiger partial charge in [0, 0.05) is 36.9 Å². The number of rotatable bonds is 9. The molecule has 1 saturated heterocycles. The van der Waals surface area contributed by atoms with Gasteiger partial charge in [-0.2, -0.15) is 5.10 Å². The molecule has 1 atom stereocenters. The molecule has 3 heterocycles. The molecule has 210 valence electrons. The predicted octanol–water partition coefficient (Wildman–Crippen LogP) is 5.74. The second-order valence-corrected chi connectivity index (χ2v) is 11.0. The summed E-state index contributed by atoms with van der Waals surface area (Å²) in [5, 5.41) is 9.48. The molecule has 0 amide bonds. The molecule has 5 rings (SSSR count). The highest BCUT2D eigenvalue weighted by molar-refractivity contribution is 5.94. The van der Waals surface area contributed by atoms with Crippen molar-refractivity contribution in [1.29, 1.82) is 0 Å². The van der Waals surface area contributed by atoms with Gasteiger partial charge >= 0.3 is 5.97 Å². The maximum Gasteiger partial charge on any atom is 0.338 e. The summed E-state index contributed by atoms with van der Waals surface area (Å²) in [4.78, 5) is 19.5. The molecule has 0 saturated carbocycles. The third-order valence-corrected chi connectivity index (χ3v) is 7.14. The van der Waals surface area contributed by atoms with Gasteiger partial charge in [-0.1, -0.05) is 18.2 Å². The number of anilines is 1. The van der Waals surface area contributed by atoms with Crippen LogP contribution in [0, 0.1) is 0 Å². The molecular weight excluding hydrogens is 506 g/mol. The quantitative estimate of drug-likeness (QED) is 0.267. The number of nitrogens with zero attached hydrogens (tertiary/aromatic N) is 4. The fourth-order valence-electron chi connectivity index (χ4n) is 4.98. The number of nitrogens with one attached hydrogen (secondary N) is 1. The fraction of sp³-hybridized carbons (Fsp3) is 0.387. The van der Waals surface area contributed by atoms with Crippen molar-refractivity contribution in [3.63, 3.8) is 0 Å². The molecule has 2 aromatic heterocycles. The normalized spacial score (nSPS) is 15.8. The van der Waals surface area contributed by atoms with Crippen LogP contribution in [0.1, 0.15) is 50.0 Å². The predicted molar refractivity (Wildman–Crippen MR) is 155 cm³/mol.